The third kappa shape index (κ3) is 3.93. The van der Waals surface area contributed by atoms with Crippen LogP contribution in [0.5, 0.6) is 0 Å². The summed E-state index contributed by atoms with van der Waals surface area (Å²) in [6.45, 7) is 6.99. The van der Waals surface area contributed by atoms with Crippen LogP contribution < -0.4 is 10.6 Å². The summed E-state index contributed by atoms with van der Waals surface area (Å²) in [6, 6.07) is 9.88. The fraction of sp³-hybridized carbons (Fsp3) is 0.500. The van der Waals surface area contributed by atoms with Crippen LogP contribution in [0.3, 0.4) is 0 Å². The molecule has 0 aliphatic heterocycles. The monoisotopic (exact) mass is 340 g/mol. The Balaban J connectivity index is 1.86. The summed E-state index contributed by atoms with van der Waals surface area (Å²) in [5, 5.41) is 11.2. The number of nitrogens with zero attached hydrogens (tertiary/aromatic N) is 2. The molecule has 5 nitrogen and oxygen atoms in total. The molecule has 1 amide bonds. The highest BCUT2D eigenvalue weighted by atomic mass is 16.2. The van der Waals surface area contributed by atoms with Gasteiger partial charge in [0.1, 0.15) is 6.04 Å². The summed E-state index contributed by atoms with van der Waals surface area (Å²) in [4.78, 5) is 12.8. The van der Waals surface area contributed by atoms with E-state index in [-0.39, 0.29) is 24.0 Å². The number of aromatic nitrogens is 2. The first-order valence-corrected chi connectivity index (χ1v) is 9.26. The van der Waals surface area contributed by atoms with E-state index in [0.717, 1.165) is 31.4 Å². The van der Waals surface area contributed by atoms with E-state index in [0.29, 0.717) is 0 Å². The van der Waals surface area contributed by atoms with Gasteiger partial charge >= 0.3 is 0 Å². The molecule has 0 radical (unpaired) electrons. The fourth-order valence-electron chi connectivity index (χ4n) is 3.60. The average molecular weight is 340 g/mol. The molecule has 0 unspecified atom stereocenters. The molecule has 25 heavy (non-hydrogen) atoms. The van der Waals surface area contributed by atoms with Crippen LogP contribution in [0, 0.1) is 0 Å². The molecule has 1 aromatic heterocycles. The summed E-state index contributed by atoms with van der Waals surface area (Å²) in [7, 11) is 0. The smallest absolute Gasteiger partial charge is 0.241 e. The van der Waals surface area contributed by atoms with Gasteiger partial charge in [0.25, 0.3) is 0 Å². The zero-order valence-electron chi connectivity index (χ0n) is 15.3. The molecule has 1 aliphatic carbocycles. The SMILES string of the molecule is CCn1ncc2c1CCC[C@H]2N[C@@H](C(=O)NC(C)C)c1ccccc1. The maximum absolute atomic E-state index is 12.8. The lowest BCUT2D eigenvalue weighted by Crippen LogP contribution is -2.42. The van der Waals surface area contributed by atoms with E-state index in [1.54, 1.807) is 0 Å². The summed E-state index contributed by atoms with van der Waals surface area (Å²) < 4.78 is 2.08. The Bertz CT molecular complexity index is 708. The zero-order chi connectivity index (χ0) is 17.8. The number of aryl methyl sites for hydroxylation is 1. The number of hydrogen-bond donors (Lipinski definition) is 2. The first-order valence-electron chi connectivity index (χ1n) is 9.26. The highest BCUT2D eigenvalue weighted by Gasteiger charge is 2.29. The van der Waals surface area contributed by atoms with Gasteiger partial charge in [-0.3, -0.25) is 14.8 Å². The third-order valence-corrected chi connectivity index (χ3v) is 4.76. The van der Waals surface area contributed by atoms with E-state index in [9.17, 15) is 4.79 Å². The van der Waals surface area contributed by atoms with Crippen LogP contribution in [0.1, 0.15) is 62.5 Å². The van der Waals surface area contributed by atoms with Crippen LogP contribution in [0.25, 0.3) is 0 Å². The van der Waals surface area contributed by atoms with E-state index in [1.807, 2.05) is 50.4 Å². The summed E-state index contributed by atoms with van der Waals surface area (Å²) >= 11 is 0. The Morgan fingerprint density at radius 1 is 1.32 bits per heavy atom. The van der Waals surface area contributed by atoms with Crippen molar-refractivity contribution in [3.8, 4) is 0 Å². The molecule has 0 saturated heterocycles. The molecular formula is C20H28N4O. The normalized spacial score (nSPS) is 18.0. The topological polar surface area (TPSA) is 59.0 Å². The van der Waals surface area contributed by atoms with Crippen LogP contribution in [0.15, 0.2) is 36.5 Å². The van der Waals surface area contributed by atoms with Crippen molar-refractivity contribution in [3.05, 3.63) is 53.3 Å². The number of carbonyl (C=O) groups is 1. The molecular weight excluding hydrogens is 312 g/mol. The minimum atomic E-state index is -0.357. The molecule has 0 saturated carbocycles. The standard InChI is InChI=1S/C20H28N4O/c1-4-24-18-12-8-11-17(16(18)13-21-24)23-19(20(25)22-14(2)3)15-9-6-5-7-10-15/h5-7,9-10,13-14,17,19,23H,4,8,11-12H2,1-3H3,(H,22,25)/t17-,19-/m1/s1. The van der Waals surface area contributed by atoms with Crippen LogP contribution in [0.4, 0.5) is 0 Å². The Kier molecular flexibility index (Phi) is 5.53. The minimum Gasteiger partial charge on any atom is -0.352 e. The van der Waals surface area contributed by atoms with E-state index in [4.69, 9.17) is 0 Å². The minimum absolute atomic E-state index is 0.0243. The second-order valence-electron chi connectivity index (χ2n) is 6.98. The molecule has 2 aromatic rings. The molecule has 0 spiro atoms. The van der Waals surface area contributed by atoms with Gasteiger partial charge in [0.2, 0.25) is 5.91 Å². The second kappa shape index (κ2) is 7.83. The zero-order valence-corrected chi connectivity index (χ0v) is 15.3. The van der Waals surface area contributed by atoms with E-state index in [2.05, 4.69) is 27.3 Å². The van der Waals surface area contributed by atoms with Crippen molar-refractivity contribution in [1.82, 2.24) is 20.4 Å². The molecule has 0 bridgehead atoms. The van der Waals surface area contributed by atoms with Gasteiger partial charge in [0.15, 0.2) is 0 Å². The molecule has 3 rings (SSSR count). The van der Waals surface area contributed by atoms with Crippen molar-refractivity contribution in [2.24, 2.45) is 0 Å². The number of carbonyl (C=O) groups excluding carboxylic acids is 1. The number of fused-ring (bicyclic) bond motifs is 1. The quantitative estimate of drug-likeness (QED) is 0.849. The van der Waals surface area contributed by atoms with Gasteiger partial charge in [-0.15, -0.1) is 0 Å². The number of nitrogens with one attached hydrogen (secondary N) is 2. The lowest BCUT2D eigenvalue weighted by Gasteiger charge is -2.29. The molecule has 134 valence electrons. The van der Waals surface area contributed by atoms with Crippen molar-refractivity contribution in [2.75, 3.05) is 0 Å². The Morgan fingerprint density at radius 2 is 2.08 bits per heavy atom. The van der Waals surface area contributed by atoms with Gasteiger partial charge in [-0.2, -0.15) is 5.10 Å². The second-order valence-corrected chi connectivity index (χ2v) is 6.98. The van der Waals surface area contributed by atoms with Crippen LogP contribution in [0.2, 0.25) is 0 Å². The molecule has 0 fully saturated rings. The Morgan fingerprint density at radius 3 is 2.76 bits per heavy atom. The summed E-state index contributed by atoms with van der Waals surface area (Å²) in [5.74, 6) is 0.0243. The fourth-order valence-corrected chi connectivity index (χ4v) is 3.60. The van der Waals surface area contributed by atoms with Gasteiger partial charge in [-0.05, 0) is 45.6 Å². The number of rotatable bonds is 6. The molecule has 1 aliphatic rings. The molecule has 2 N–H and O–H groups in total. The summed E-state index contributed by atoms with van der Waals surface area (Å²) in [6.07, 6.45) is 5.18. The van der Waals surface area contributed by atoms with Crippen molar-refractivity contribution in [2.45, 2.75) is 64.7 Å². The molecule has 1 aromatic carbocycles. The first kappa shape index (κ1) is 17.7. The van der Waals surface area contributed by atoms with E-state index < -0.39 is 0 Å². The van der Waals surface area contributed by atoms with Gasteiger partial charge in [-0.25, -0.2) is 0 Å². The highest BCUT2D eigenvalue weighted by Crippen LogP contribution is 2.32. The maximum atomic E-state index is 12.8. The van der Waals surface area contributed by atoms with E-state index >= 15 is 0 Å². The molecule has 2 atom stereocenters. The largest absolute Gasteiger partial charge is 0.352 e. The first-order chi connectivity index (χ1) is 12.1. The average Bonchev–Trinajstić information content (AvgIpc) is 3.03. The highest BCUT2D eigenvalue weighted by molar-refractivity contribution is 5.83. The Hall–Kier alpha value is -2.14. The van der Waals surface area contributed by atoms with Gasteiger partial charge in [0.05, 0.1) is 6.20 Å². The van der Waals surface area contributed by atoms with Crippen LogP contribution >= 0.6 is 0 Å². The van der Waals surface area contributed by atoms with Gasteiger partial charge in [0, 0.05) is 29.9 Å². The van der Waals surface area contributed by atoms with E-state index in [1.165, 1.54) is 11.3 Å². The maximum Gasteiger partial charge on any atom is 0.241 e. The number of benzene rings is 1. The molecule has 1 heterocycles. The van der Waals surface area contributed by atoms with Crippen molar-refractivity contribution < 1.29 is 4.79 Å². The lowest BCUT2D eigenvalue weighted by molar-refractivity contribution is -0.124. The van der Waals surface area contributed by atoms with Crippen molar-refractivity contribution >= 4 is 5.91 Å². The third-order valence-electron chi connectivity index (χ3n) is 4.76. The van der Waals surface area contributed by atoms with Gasteiger partial charge < -0.3 is 5.32 Å². The lowest BCUT2D eigenvalue weighted by atomic mass is 9.91. The van der Waals surface area contributed by atoms with Crippen LogP contribution in [-0.2, 0) is 17.8 Å². The number of amides is 1. The van der Waals surface area contributed by atoms with Crippen molar-refractivity contribution in [1.29, 1.82) is 0 Å². The van der Waals surface area contributed by atoms with Crippen LogP contribution in [-0.4, -0.2) is 21.7 Å². The molecule has 5 heteroatoms. The predicted molar refractivity (Wildman–Crippen MR) is 99.2 cm³/mol. The Labute approximate surface area is 149 Å². The number of hydrogen-bond acceptors (Lipinski definition) is 3. The van der Waals surface area contributed by atoms with Gasteiger partial charge in [-0.1, -0.05) is 30.3 Å². The predicted octanol–water partition coefficient (Wildman–Crippen LogP) is 3.14. The summed E-state index contributed by atoms with van der Waals surface area (Å²) in [5.41, 5.74) is 3.55. The van der Waals surface area contributed by atoms with Crippen molar-refractivity contribution in [3.63, 3.8) is 0 Å².